The first-order valence-electron chi connectivity index (χ1n) is 9.50. The number of carbonyl (C=O) groups excluding carboxylic acids is 1. The molecule has 29 heavy (non-hydrogen) atoms. The second kappa shape index (κ2) is 9.89. The first-order valence-corrected chi connectivity index (χ1v) is 11.3. The maximum atomic E-state index is 12.4. The minimum absolute atomic E-state index is 0.246. The average molecular weight is 428 g/mol. The number of hydrogen-bond donors (Lipinski definition) is 1. The molecule has 1 aromatic heterocycles. The second-order valence-electron chi connectivity index (χ2n) is 7.12. The van der Waals surface area contributed by atoms with Crippen LogP contribution in [0.1, 0.15) is 43.4 Å². The zero-order chi connectivity index (χ0) is 20.8. The normalized spacial score (nSPS) is 12.0. The summed E-state index contributed by atoms with van der Waals surface area (Å²) in [5, 5.41) is 11.5. The van der Waals surface area contributed by atoms with Gasteiger partial charge in [0, 0.05) is 5.75 Å². The summed E-state index contributed by atoms with van der Waals surface area (Å²) in [5.41, 5.74) is 3.71. The van der Waals surface area contributed by atoms with Crippen molar-refractivity contribution in [2.24, 2.45) is 0 Å². The smallest absolute Gasteiger partial charge is 0.266 e. The van der Waals surface area contributed by atoms with Gasteiger partial charge in [-0.2, -0.15) is 0 Å². The van der Waals surface area contributed by atoms with Gasteiger partial charge in [0.25, 0.3) is 5.91 Å². The van der Waals surface area contributed by atoms with Crippen LogP contribution in [-0.2, 0) is 10.5 Å². The van der Waals surface area contributed by atoms with Gasteiger partial charge in [-0.15, -0.1) is 10.2 Å². The number of aromatic nitrogens is 2. The van der Waals surface area contributed by atoms with Gasteiger partial charge in [0.05, 0.1) is 0 Å². The first-order chi connectivity index (χ1) is 13.9. The van der Waals surface area contributed by atoms with Crippen molar-refractivity contribution >= 4 is 34.1 Å². The predicted octanol–water partition coefficient (Wildman–Crippen LogP) is 5.67. The predicted molar refractivity (Wildman–Crippen MR) is 120 cm³/mol. The van der Waals surface area contributed by atoms with Crippen LogP contribution in [0.2, 0.25) is 0 Å². The third kappa shape index (κ3) is 6.30. The van der Waals surface area contributed by atoms with Crippen LogP contribution in [0.25, 0.3) is 0 Å². The lowest BCUT2D eigenvalue weighted by molar-refractivity contribution is -0.122. The fourth-order valence-electron chi connectivity index (χ4n) is 2.54. The molecular formula is C22H25N3O2S2. The van der Waals surface area contributed by atoms with E-state index in [2.05, 4.69) is 60.6 Å². The Morgan fingerprint density at radius 1 is 1.07 bits per heavy atom. The fraction of sp³-hybridized carbons (Fsp3) is 0.318. The van der Waals surface area contributed by atoms with Crippen molar-refractivity contribution < 1.29 is 9.53 Å². The molecule has 0 aliphatic heterocycles. The summed E-state index contributed by atoms with van der Waals surface area (Å²) in [7, 11) is 0. The van der Waals surface area contributed by atoms with Crippen LogP contribution in [0.15, 0.2) is 52.9 Å². The SMILES string of the molecule is Cc1ccc(CSc2nnc(NC(=O)C(C)Oc3ccc(C(C)C)cc3)s2)cc1. The Balaban J connectivity index is 1.50. The Morgan fingerprint density at radius 2 is 1.76 bits per heavy atom. The number of carbonyl (C=O) groups is 1. The molecule has 0 spiro atoms. The number of nitrogens with one attached hydrogen (secondary N) is 1. The lowest BCUT2D eigenvalue weighted by Gasteiger charge is -2.14. The molecule has 3 rings (SSSR count). The summed E-state index contributed by atoms with van der Waals surface area (Å²) in [5.74, 6) is 1.70. The topological polar surface area (TPSA) is 64.1 Å². The number of hydrogen-bond acceptors (Lipinski definition) is 6. The molecule has 1 unspecified atom stereocenters. The van der Waals surface area contributed by atoms with Gasteiger partial charge < -0.3 is 4.74 Å². The third-order valence-electron chi connectivity index (χ3n) is 4.35. The Bertz CT molecular complexity index is 937. The lowest BCUT2D eigenvalue weighted by Crippen LogP contribution is -2.30. The van der Waals surface area contributed by atoms with Crippen molar-refractivity contribution in [3.8, 4) is 5.75 Å². The van der Waals surface area contributed by atoms with Gasteiger partial charge in [-0.05, 0) is 43.0 Å². The van der Waals surface area contributed by atoms with Gasteiger partial charge in [-0.25, -0.2) is 0 Å². The van der Waals surface area contributed by atoms with E-state index in [-0.39, 0.29) is 5.91 Å². The highest BCUT2D eigenvalue weighted by Crippen LogP contribution is 2.28. The van der Waals surface area contributed by atoms with Crippen molar-refractivity contribution in [1.29, 1.82) is 0 Å². The van der Waals surface area contributed by atoms with E-state index in [0.717, 1.165) is 10.1 Å². The van der Waals surface area contributed by atoms with E-state index >= 15 is 0 Å². The number of nitrogens with zero attached hydrogens (tertiary/aromatic N) is 2. The monoisotopic (exact) mass is 427 g/mol. The summed E-state index contributed by atoms with van der Waals surface area (Å²) < 4.78 is 6.56. The number of anilines is 1. The van der Waals surface area contributed by atoms with Crippen LogP contribution in [0.4, 0.5) is 5.13 Å². The molecule has 0 fully saturated rings. The van der Waals surface area contributed by atoms with Crippen molar-refractivity contribution in [3.05, 3.63) is 65.2 Å². The van der Waals surface area contributed by atoms with Crippen LogP contribution in [0, 0.1) is 6.92 Å². The minimum Gasteiger partial charge on any atom is -0.481 e. The molecule has 152 valence electrons. The number of benzene rings is 2. The molecule has 0 bridgehead atoms. The number of aryl methyl sites for hydroxylation is 1. The molecule has 2 aromatic carbocycles. The highest BCUT2D eigenvalue weighted by molar-refractivity contribution is 8.00. The van der Waals surface area contributed by atoms with Gasteiger partial charge in [-0.1, -0.05) is 78.9 Å². The average Bonchev–Trinajstić information content (AvgIpc) is 3.15. The molecule has 7 heteroatoms. The first kappa shape index (κ1) is 21.3. The second-order valence-corrected chi connectivity index (χ2v) is 9.32. The van der Waals surface area contributed by atoms with E-state index in [4.69, 9.17) is 4.74 Å². The van der Waals surface area contributed by atoms with E-state index in [9.17, 15) is 4.79 Å². The highest BCUT2D eigenvalue weighted by Gasteiger charge is 2.17. The van der Waals surface area contributed by atoms with Crippen LogP contribution in [0.3, 0.4) is 0 Å². The van der Waals surface area contributed by atoms with Gasteiger partial charge in [0.1, 0.15) is 5.75 Å². The third-order valence-corrected chi connectivity index (χ3v) is 6.39. The maximum absolute atomic E-state index is 12.4. The van der Waals surface area contributed by atoms with Crippen molar-refractivity contribution in [3.63, 3.8) is 0 Å². The van der Waals surface area contributed by atoms with Crippen molar-refractivity contribution in [2.45, 2.75) is 49.8 Å². The molecule has 3 aromatic rings. The number of rotatable bonds is 8. The zero-order valence-electron chi connectivity index (χ0n) is 17.0. The minimum atomic E-state index is -0.632. The molecule has 0 radical (unpaired) electrons. The van der Waals surface area contributed by atoms with Crippen molar-refractivity contribution in [2.75, 3.05) is 5.32 Å². The van der Waals surface area contributed by atoms with E-state index in [1.165, 1.54) is 28.0 Å². The summed E-state index contributed by atoms with van der Waals surface area (Å²) >= 11 is 2.97. The Hall–Kier alpha value is -2.38. The summed E-state index contributed by atoms with van der Waals surface area (Å²) in [6.45, 7) is 8.07. The molecular weight excluding hydrogens is 402 g/mol. The molecule has 0 saturated heterocycles. The fourth-order valence-corrected chi connectivity index (χ4v) is 4.25. The zero-order valence-corrected chi connectivity index (χ0v) is 18.6. The molecule has 5 nitrogen and oxygen atoms in total. The molecule has 0 aliphatic carbocycles. The molecule has 0 saturated carbocycles. The van der Waals surface area contributed by atoms with Crippen LogP contribution < -0.4 is 10.1 Å². The van der Waals surface area contributed by atoms with E-state index in [1.807, 2.05) is 24.3 Å². The quantitative estimate of drug-likeness (QED) is 0.371. The number of amides is 1. The van der Waals surface area contributed by atoms with Gasteiger partial charge >= 0.3 is 0 Å². The van der Waals surface area contributed by atoms with Crippen molar-refractivity contribution in [1.82, 2.24) is 10.2 Å². The van der Waals surface area contributed by atoms with Crippen LogP contribution in [0.5, 0.6) is 5.75 Å². The Kier molecular flexibility index (Phi) is 7.28. The standard InChI is InChI=1S/C22H25N3O2S2/c1-14(2)18-9-11-19(12-10-18)27-16(4)20(26)23-21-24-25-22(29-21)28-13-17-7-5-15(3)6-8-17/h5-12,14,16H,13H2,1-4H3,(H,23,24,26). The largest absolute Gasteiger partial charge is 0.481 e. The number of thioether (sulfide) groups is 1. The summed E-state index contributed by atoms with van der Waals surface area (Å²) in [4.78, 5) is 12.4. The molecule has 1 N–H and O–H groups in total. The molecule has 1 atom stereocenters. The van der Waals surface area contributed by atoms with Gasteiger partial charge in [0.2, 0.25) is 5.13 Å². The summed E-state index contributed by atoms with van der Waals surface area (Å²) in [6.07, 6.45) is -0.632. The van der Waals surface area contributed by atoms with E-state index in [1.54, 1.807) is 18.7 Å². The lowest BCUT2D eigenvalue weighted by atomic mass is 10.0. The van der Waals surface area contributed by atoms with Gasteiger partial charge in [-0.3, -0.25) is 10.1 Å². The molecule has 1 heterocycles. The van der Waals surface area contributed by atoms with Crippen LogP contribution >= 0.6 is 23.1 Å². The van der Waals surface area contributed by atoms with Crippen LogP contribution in [-0.4, -0.2) is 22.2 Å². The highest BCUT2D eigenvalue weighted by atomic mass is 32.2. The molecule has 0 aliphatic rings. The molecule has 1 amide bonds. The Labute approximate surface area is 179 Å². The maximum Gasteiger partial charge on any atom is 0.266 e. The van der Waals surface area contributed by atoms with Gasteiger partial charge in [0.15, 0.2) is 10.4 Å². The number of ether oxygens (including phenoxy) is 1. The Morgan fingerprint density at radius 3 is 2.41 bits per heavy atom. The van der Waals surface area contributed by atoms with E-state index < -0.39 is 6.10 Å². The van der Waals surface area contributed by atoms with E-state index in [0.29, 0.717) is 16.8 Å². The summed E-state index contributed by atoms with van der Waals surface area (Å²) in [6, 6.07) is 16.2.